The van der Waals surface area contributed by atoms with E-state index in [1.165, 1.54) is 0 Å². The van der Waals surface area contributed by atoms with Crippen LogP contribution in [0.4, 0.5) is 0 Å². The molecule has 0 saturated carbocycles. The van der Waals surface area contributed by atoms with E-state index >= 15 is 0 Å². The quantitative estimate of drug-likeness (QED) is 0.891. The molecule has 0 spiro atoms. The molecule has 2 rings (SSSR count). The van der Waals surface area contributed by atoms with Crippen molar-refractivity contribution in [3.8, 4) is 5.75 Å². The Labute approximate surface area is 109 Å². The highest BCUT2D eigenvalue weighted by Crippen LogP contribution is 2.45. The van der Waals surface area contributed by atoms with E-state index in [1.807, 2.05) is 25.1 Å². The molecule has 1 unspecified atom stereocenters. The highest BCUT2D eigenvalue weighted by atomic mass is 16.5. The molecule has 98 valence electrons. The molecule has 1 heterocycles. The second-order valence-corrected chi connectivity index (χ2v) is 5.61. The highest BCUT2D eigenvalue weighted by molar-refractivity contribution is 5.82. The van der Waals surface area contributed by atoms with Gasteiger partial charge in [0.25, 0.3) is 0 Å². The van der Waals surface area contributed by atoms with Crippen molar-refractivity contribution < 1.29 is 9.53 Å². The molecule has 1 N–H and O–H groups in total. The molecule has 0 bridgehead atoms. The van der Waals surface area contributed by atoms with Crippen molar-refractivity contribution in [1.82, 2.24) is 5.32 Å². The Hall–Kier alpha value is -1.51. The summed E-state index contributed by atoms with van der Waals surface area (Å²) in [5, 5.41) is 3.06. The average Bonchev–Trinajstić information content (AvgIpc) is 2.49. The van der Waals surface area contributed by atoms with Crippen LogP contribution >= 0.6 is 0 Å². The van der Waals surface area contributed by atoms with E-state index in [2.05, 4.69) is 32.2 Å². The third kappa shape index (κ3) is 1.88. The van der Waals surface area contributed by atoms with E-state index in [-0.39, 0.29) is 16.9 Å². The lowest BCUT2D eigenvalue weighted by Crippen LogP contribution is -2.48. The summed E-state index contributed by atoms with van der Waals surface area (Å²) < 4.78 is 5.70. The van der Waals surface area contributed by atoms with Crippen LogP contribution in [0.15, 0.2) is 24.3 Å². The average molecular weight is 247 g/mol. The summed E-state index contributed by atoms with van der Waals surface area (Å²) >= 11 is 0. The Bertz CT molecular complexity index is 467. The van der Waals surface area contributed by atoms with Gasteiger partial charge < -0.3 is 10.1 Å². The van der Waals surface area contributed by atoms with Crippen LogP contribution in [0.2, 0.25) is 0 Å². The Morgan fingerprint density at radius 1 is 1.28 bits per heavy atom. The maximum Gasteiger partial charge on any atom is 0.221 e. The summed E-state index contributed by atoms with van der Waals surface area (Å²) in [6, 6.07) is 8.01. The summed E-state index contributed by atoms with van der Waals surface area (Å²) in [6.07, 6.45) is 0.504. The number of carbonyl (C=O) groups excluding carboxylic acids is 1. The lowest BCUT2D eigenvalue weighted by atomic mass is 9.69. The fourth-order valence-electron chi connectivity index (χ4n) is 2.71. The predicted octanol–water partition coefficient (Wildman–Crippen LogP) is 2.64. The van der Waals surface area contributed by atoms with Gasteiger partial charge in [0.15, 0.2) is 0 Å². The zero-order chi connectivity index (χ0) is 13.4. The summed E-state index contributed by atoms with van der Waals surface area (Å²) in [5.74, 6) is 0.987. The first-order valence-corrected chi connectivity index (χ1v) is 6.44. The van der Waals surface area contributed by atoms with Crippen LogP contribution in [0, 0.1) is 0 Å². The first-order valence-electron chi connectivity index (χ1n) is 6.44. The fraction of sp³-hybridized carbons (Fsp3) is 0.533. The SMILES string of the molecule is CCOc1ccccc1C1(C)CC(=O)NC1(C)C. The number of benzene rings is 1. The van der Waals surface area contributed by atoms with Crippen molar-refractivity contribution in [2.75, 3.05) is 6.61 Å². The molecular weight excluding hydrogens is 226 g/mol. The number of nitrogens with one attached hydrogen (secondary N) is 1. The van der Waals surface area contributed by atoms with Gasteiger partial charge in [0.05, 0.1) is 6.61 Å². The predicted molar refractivity (Wildman–Crippen MR) is 71.8 cm³/mol. The van der Waals surface area contributed by atoms with Crippen LogP contribution in [0.3, 0.4) is 0 Å². The Kier molecular flexibility index (Phi) is 3.09. The fourth-order valence-corrected chi connectivity index (χ4v) is 2.71. The largest absolute Gasteiger partial charge is 0.494 e. The number of para-hydroxylation sites is 1. The Morgan fingerprint density at radius 2 is 1.94 bits per heavy atom. The summed E-state index contributed by atoms with van der Waals surface area (Å²) in [4.78, 5) is 11.8. The number of ether oxygens (including phenoxy) is 1. The van der Waals surface area contributed by atoms with Gasteiger partial charge in [0, 0.05) is 22.9 Å². The molecule has 3 nitrogen and oxygen atoms in total. The minimum atomic E-state index is -0.267. The Balaban J connectivity index is 2.50. The minimum absolute atomic E-state index is 0.105. The van der Waals surface area contributed by atoms with Crippen LogP contribution in [-0.4, -0.2) is 18.1 Å². The van der Waals surface area contributed by atoms with Crippen LogP contribution in [0.5, 0.6) is 5.75 Å². The molecule has 1 saturated heterocycles. The lowest BCUT2D eigenvalue weighted by molar-refractivity contribution is -0.119. The number of hydrogen-bond donors (Lipinski definition) is 1. The van der Waals surface area contributed by atoms with Crippen molar-refractivity contribution in [2.45, 2.75) is 45.1 Å². The number of carbonyl (C=O) groups is 1. The second kappa shape index (κ2) is 4.30. The minimum Gasteiger partial charge on any atom is -0.494 e. The highest BCUT2D eigenvalue weighted by Gasteiger charge is 2.51. The zero-order valence-corrected chi connectivity index (χ0v) is 11.5. The Morgan fingerprint density at radius 3 is 2.50 bits per heavy atom. The van der Waals surface area contributed by atoms with Gasteiger partial charge in [-0.15, -0.1) is 0 Å². The van der Waals surface area contributed by atoms with Gasteiger partial charge in [-0.05, 0) is 26.8 Å². The maximum absolute atomic E-state index is 11.8. The number of amides is 1. The molecule has 0 aliphatic carbocycles. The van der Waals surface area contributed by atoms with Crippen LogP contribution in [-0.2, 0) is 10.2 Å². The smallest absolute Gasteiger partial charge is 0.221 e. The summed E-state index contributed by atoms with van der Waals surface area (Å²) in [5.41, 5.74) is 0.600. The maximum atomic E-state index is 11.8. The van der Waals surface area contributed by atoms with E-state index in [4.69, 9.17) is 4.74 Å². The number of rotatable bonds is 3. The lowest BCUT2D eigenvalue weighted by Gasteiger charge is -2.38. The zero-order valence-electron chi connectivity index (χ0n) is 11.5. The van der Waals surface area contributed by atoms with Gasteiger partial charge in [0.2, 0.25) is 5.91 Å². The van der Waals surface area contributed by atoms with Crippen molar-refractivity contribution in [3.63, 3.8) is 0 Å². The molecule has 0 radical (unpaired) electrons. The normalized spacial score (nSPS) is 25.9. The van der Waals surface area contributed by atoms with Crippen LogP contribution in [0.25, 0.3) is 0 Å². The summed E-state index contributed by atoms with van der Waals surface area (Å²) in [7, 11) is 0. The second-order valence-electron chi connectivity index (χ2n) is 5.61. The molecule has 3 heteroatoms. The van der Waals surface area contributed by atoms with Gasteiger partial charge in [0.1, 0.15) is 5.75 Å². The third-order valence-electron chi connectivity index (χ3n) is 4.13. The molecule has 1 fully saturated rings. The monoisotopic (exact) mass is 247 g/mol. The van der Waals surface area contributed by atoms with E-state index in [1.54, 1.807) is 0 Å². The van der Waals surface area contributed by atoms with Gasteiger partial charge in [-0.25, -0.2) is 0 Å². The first kappa shape index (κ1) is 12.9. The van der Waals surface area contributed by atoms with Gasteiger partial charge in [-0.2, -0.15) is 0 Å². The first-order chi connectivity index (χ1) is 8.40. The van der Waals surface area contributed by atoms with Gasteiger partial charge >= 0.3 is 0 Å². The topological polar surface area (TPSA) is 38.3 Å². The van der Waals surface area contributed by atoms with Crippen molar-refractivity contribution in [1.29, 1.82) is 0 Å². The standard InChI is InChI=1S/C15H21NO2/c1-5-18-12-9-7-6-8-11(12)15(4)10-13(17)16-14(15,2)3/h6-9H,5,10H2,1-4H3,(H,16,17). The van der Waals surface area contributed by atoms with E-state index in [9.17, 15) is 4.79 Å². The molecule has 1 aromatic carbocycles. The van der Waals surface area contributed by atoms with Crippen LogP contribution in [0.1, 0.15) is 39.7 Å². The van der Waals surface area contributed by atoms with Crippen molar-refractivity contribution in [3.05, 3.63) is 29.8 Å². The number of hydrogen-bond acceptors (Lipinski definition) is 2. The molecule has 18 heavy (non-hydrogen) atoms. The van der Waals surface area contributed by atoms with Gasteiger partial charge in [-0.1, -0.05) is 25.1 Å². The van der Waals surface area contributed by atoms with Gasteiger partial charge in [-0.3, -0.25) is 4.79 Å². The third-order valence-corrected chi connectivity index (χ3v) is 4.13. The summed E-state index contributed by atoms with van der Waals surface area (Å²) in [6.45, 7) is 8.88. The molecular formula is C15H21NO2. The van der Waals surface area contributed by atoms with Crippen molar-refractivity contribution in [2.24, 2.45) is 0 Å². The van der Waals surface area contributed by atoms with Crippen LogP contribution < -0.4 is 10.1 Å². The molecule has 1 atom stereocenters. The van der Waals surface area contributed by atoms with E-state index < -0.39 is 0 Å². The molecule has 1 aromatic rings. The van der Waals surface area contributed by atoms with E-state index in [0.717, 1.165) is 11.3 Å². The molecule has 1 aliphatic rings. The van der Waals surface area contributed by atoms with Crippen molar-refractivity contribution >= 4 is 5.91 Å². The molecule has 0 aromatic heterocycles. The van der Waals surface area contributed by atoms with E-state index in [0.29, 0.717) is 13.0 Å². The molecule has 1 aliphatic heterocycles. The molecule has 1 amide bonds.